The lowest BCUT2D eigenvalue weighted by molar-refractivity contribution is -0.148. The molecule has 0 amide bonds. The lowest BCUT2D eigenvalue weighted by atomic mass is 9.70. The highest BCUT2D eigenvalue weighted by Gasteiger charge is 2.44. The molecule has 0 bridgehead atoms. The molecule has 3 nitrogen and oxygen atoms in total. The molecular weight excluding hydrogens is 250 g/mol. The van der Waals surface area contributed by atoms with Crippen LogP contribution in [-0.2, 0) is 4.74 Å². The van der Waals surface area contributed by atoms with E-state index < -0.39 is 0 Å². The quantitative estimate of drug-likeness (QED) is 0.884. The van der Waals surface area contributed by atoms with E-state index in [0.29, 0.717) is 12.0 Å². The highest BCUT2D eigenvalue weighted by atomic mass is 16.5. The van der Waals surface area contributed by atoms with Gasteiger partial charge in [-0.05, 0) is 70.0 Å². The Labute approximate surface area is 122 Å². The lowest BCUT2D eigenvalue weighted by Gasteiger charge is -2.48. The van der Waals surface area contributed by atoms with Crippen molar-refractivity contribution in [2.75, 3.05) is 13.2 Å². The molecule has 0 radical (unpaired) electrons. The van der Waals surface area contributed by atoms with Crippen LogP contribution in [-0.4, -0.2) is 18.8 Å². The van der Waals surface area contributed by atoms with Gasteiger partial charge in [-0.25, -0.2) is 0 Å². The van der Waals surface area contributed by atoms with Gasteiger partial charge in [0.1, 0.15) is 11.5 Å². The molecule has 2 heterocycles. The van der Waals surface area contributed by atoms with Crippen molar-refractivity contribution in [3.05, 3.63) is 23.7 Å². The lowest BCUT2D eigenvalue weighted by Crippen LogP contribution is -2.48. The van der Waals surface area contributed by atoms with Gasteiger partial charge in [0.2, 0.25) is 0 Å². The van der Waals surface area contributed by atoms with Gasteiger partial charge in [-0.2, -0.15) is 0 Å². The Balaban J connectivity index is 1.74. The summed E-state index contributed by atoms with van der Waals surface area (Å²) in [5.74, 6) is 2.76. The third-order valence-electron chi connectivity index (χ3n) is 4.95. The van der Waals surface area contributed by atoms with Gasteiger partial charge < -0.3 is 14.5 Å². The summed E-state index contributed by atoms with van der Waals surface area (Å²) in [6, 6.07) is 4.57. The molecule has 2 aliphatic rings. The van der Waals surface area contributed by atoms with E-state index in [1.165, 1.54) is 25.7 Å². The van der Waals surface area contributed by atoms with E-state index in [1.807, 2.05) is 6.92 Å². The van der Waals surface area contributed by atoms with Crippen LogP contribution < -0.4 is 5.32 Å². The van der Waals surface area contributed by atoms with Gasteiger partial charge in [0.25, 0.3) is 0 Å². The zero-order valence-electron chi connectivity index (χ0n) is 12.8. The Morgan fingerprint density at radius 2 is 2.25 bits per heavy atom. The molecule has 1 aromatic heterocycles. The second-order valence-electron chi connectivity index (χ2n) is 6.52. The van der Waals surface area contributed by atoms with Crippen molar-refractivity contribution in [3.8, 4) is 0 Å². The number of nitrogens with one attached hydrogen (secondary N) is 1. The summed E-state index contributed by atoms with van der Waals surface area (Å²) in [5, 5.41) is 3.71. The summed E-state index contributed by atoms with van der Waals surface area (Å²) in [5.41, 5.74) is 0.205. The molecule has 1 aromatic rings. The first-order chi connectivity index (χ1) is 9.72. The van der Waals surface area contributed by atoms with Crippen molar-refractivity contribution < 1.29 is 9.15 Å². The van der Waals surface area contributed by atoms with Gasteiger partial charge in [0.15, 0.2) is 0 Å². The Bertz CT molecular complexity index is 436. The maximum atomic E-state index is 6.07. The fraction of sp³-hybridized carbons (Fsp3) is 0.765. The molecule has 0 aromatic carbocycles. The van der Waals surface area contributed by atoms with Crippen LogP contribution in [0.1, 0.15) is 63.0 Å². The SMILES string of the molecule is CCCNC(c1ccc(C)o1)C1CCOC2(CCC2)C1. The van der Waals surface area contributed by atoms with E-state index >= 15 is 0 Å². The fourth-order valence-corrected chi connectivity index (χ4v) is 3.69. The van der Waals surface area contributed by atoms with Crippen molar-refractivity contribution in [3.63, 3.8) is 0 Å². The second kappa shape index (κ2) is 5.90. The highest BCUT2D eigenvalue weighted by Crippen LogP contribution is 2.47. The Morgan fingerprint density at radius 1 is 1.40 bits per heavy atom. The van der Waals surface area contributed by atoms with Gasteiger partial charge in [0.05, 0.1) is 11.6 Å². The van der Waals surface area contributed by atoms with E-state index in [4.69, 9.17) is 9.15 Å². The minimum atomic E-state index is 0.205. The topological polar surface area (TPSA) is 34.4 Å². The van der Waals surface area contributed by atoms with Crippen LogP contribution in [0.2, 0.25) is 0 Å². The number of rotatable bonds is 5. The molecule has 3 heteroatoms. The number of aryl methyl sites for hydroxylation is 1. The van der Waals surface area contributed by atoms with Crippen LogP contribution in [0, 0.1) is 12.8 Å². The van der Waals surface area contributed by atoms with Gasteiger partial charge in [-0.1, -0.05) is 6.92 Å². The molecule has 20 heavy (non-hydrogen) atoms. The molecule has 2 fully saturated rings. The van der Waals surface area contributed by atoms with Crippen molar-refractivity contribution >= 4 is 0 Å². The molecule has 112 valence electrons. The molecule has 1 N–H and O–H groups in total. The highest BCUT2D eigenvalue weighted by molar-refractivity contribution is 5.12. The summed E-state index contributed by atoms with van der Waals surface area (Å²) in [6.07, 6.45) is 7.32. The molecule has 1 aliphatic heterocycles. The normalized spacial score (nSPS) is 26.4. The fourth-order valence-electron chi connectivity index (χ4n) is 3.69. The molecule has 3 rings (SSSR count). The summed E-state index contributed by atoms with van der Waals surface area (Å²) in [7, 11) is 0. The predicted octanol–water partition coefficient (Wildman–Crippen LogP) is 3.98. The van der Waals surface area contributed by atoms with E-state index in [2.05, 4.69) is 24.4 Å². The number of furan rings is 1. The predicted molar refractivity (Wildman–Crippen MR) is 79.7 cm³/mol. The second-order valence-corrected chi connectivity index (χ2v) is 6.52. The van der Waals surface area contributed by atoms with Crippen molar-refractivity contribution in [1.29, 1.82) is 0 Å². The summed E-state index contributed by atoms with van der Waals surface area (Å²) in [4.78, 5) is 0. The molecule has 2 atom stereocenters. The molecule has 1 aliphatic carbocycles. The van der Waals surface area contributed by atoms with Crippen molar-refractivity contribution in [2.24, 2.45) is 5.92 Å². The van der Waals surface area contributed by atoms with Gasteiger partial charge in [-0.3, -0.25) is 0 Å². The standard InChI is InChI=1S/C17H27NO2/c1-3-10-18-16(15-6-5-13(2)20-15)14-7-11-19-17(12-14)8-4-9-17/h5-6,14,16,18H,3-4,7-12H2,1-2H3. The maximum absolute atomic E-state index is 6.07. The number of hydrogen-bond acceptors (Lipinski definition) is 3. The summed E-state index contributed by atoms with van der Waals surface area (Å²) < 4.78 is 12.0. The summed E-state index contributed by atoms with van der Waals surface area (Å²) in [6.45, 7) is 6.20. The zero-order chi connectivity index (χ0) is 14.0. The number of hydrogen-bond donors (Lipinski definition) is 1. The molecule has 1 spiro atoms. The van der Waals surface area contributed by atoms with E-state index in [1.54, 1.807) is 0 Å². The molecular formula is C17H27NO2. The zero-order valence-corrected chi connectivity index (χ0v) is 12.8. The van der Waals surface area contributed by atoms with Crippen LogP contribution >= 0.6 is 0 Å². The van der Waals surface area contributed by atoms with Gasteiger partial charge in [-0.15, -0.1) is 0 Å². The van der Waals surface area contributed by atoms with E-state index in [9.17, 15) is 0 Å². The minimum Gasteiger partial charge on any atom is -0.465 e. The monoisotopic (exact) mass is 277 g/mol. The average molecular weight is 277 g/mol. The van der Waals surface area contributed by atoms with Crippen LogP contribution in [0.15, 0.2) is 16.5 Å². The minimum absolute atomic E-state index is 0.205. The van der Waals surface area contributed by atoms with E-state index in [0.717, 1.165) is 37.5 Å². The Hall–Kier alpha value is -0.800. The molecule has 1 saturated heterocycles. The number of ether oxygens (including phenoxy) is 1. The first-order valence-electron chi connectivity index (χ1n) is 8.16. The van der Waals surface area contributed by atoms with Crippen LogP contribution in [0.4, 0.5) is 0 Å². The first-order valence-corrected chi connectivity index (χ1v) is 8.16. The summed E-state index contributed by atoms with van der Waals surface area (Å²) >= 11 is 0. The van der Waals surface area contributed by atoms with E-state index in [-0.39, 0.29) is 5.60 Å². The Morgan fingerprint density at radius 3 is 2.85 bits per heavy atom. The van der Waals surface area contributed by atoms with Crippen molar-refractivity contribution in [2.45, 2.75) is 64.0 Å². The Kier molecular flexibility index (Phi) is 4.18. The average Bonchev–Trinajstić information content (AvgIpc) is 2.84. The van der Waals surface area contributed by atoms with Crippen LogP contribution in [0.3, 0.4) is 0 Å². The van der Waals surface area contributed by atoms with Gasteiger partial charge >= 0.3 is 0 Å². The van der Waals surface area contributed by atoms with Crippen molar-refractivity contribution in [1.82, 2.24) is 5.32 Å². The third kappa shape index (κ3) is 2.79. The van der Waals surface area contributed by atoms with Gasteiger partial charge in [0, 0.05) is 6.61 Å². The van der Waals surface area contributed by atoms with Crippen LogP contribution in [0.25, 0.3) is 0 Å². The largest absolute Gasteiger partial charge is 0.465 e. The van der Waals surface area contributed by atoms with Crippen LogP contribution in [0.5, 0.6) is 0 Å². The third-order valence-corrected chi connectivity index (χ3v) is 4.95. The maximum Gasteiger partial charge on any atom is 0.121 e. The first kappa shape index (κ1) is 14.2. The molecule has 2 unspecified atom stereocenters. The molecule has 1 saturated carbocycles. The smallest absolute Gasteiger partial charge is 0.121 e.